The van der Waals surface area contributed by atoms with E-state index in [4.69, 9.17) is 4.74 Å². The minimum atomic E-state index is -0.260. The fourth-order valence-electron chi connectivity index (χ4n) is 4.36. The fraction of sp³-hybridized carbons (Fsp3) is 0.345. The normalized spacial score (nSPS) is 12.6. The summed E-state index contributed by atoms with van der Waals surface area (Å²) in [4.78, 5) is 38.4. The Morgan fingerprint density at radius 2 is 1.78 bits per heavy atom. The summed E-state index contributed by atoms with van der Waals surface area (Å²) in [5.41, 5.74) is 3.28. The van der Waals surface area contributed by atoms with E-state index in [0.717, 1.165) is 40.4 Å². The van der Waals surface area contributed by atoms with Gasteiger partial charge in [0.05, 0.1) is 19.7 Å². The van der Waals surface area contributed by atoms with Gasteiger partial charge in [0.25, 0.3) is 0 Å². The number of methoxy groups -OCH3 is 1. The number of carbonyl (C=O) groups is 3. The van der Waals surface area contributed by atoms with Crippen molar-refractivity contribution in [2.75, 3.05) is 19.1 Å². The van der Waals surface area contributed by atoms with Gasteiger partial charge in [0, 0.05) is 22.9 Å². The highest BCUT2D eigenvalue weighted by atomic mass is 16.5. The topological polar surface area (TPSA) is 87.7 Å². The number of ether oxygens (including phenoxy) is 1. The quantitative estimate of drug-likeness (QED) is 0.293. The lowest BCUT2D eigenvalue weighted by Crippen LogP contribution is -2.44. The van der Waals surface area contributed by atoms with Crippen molar-refractivity contribution in [1.82, 2.24) is 10.6 Å². The van der Waals surface area contributed by atoms with Crippen molar-refractivity contribution in [1.29, 1.82) is 0 Å². The van der Waals surface area contributed by atoms with Crippen molar-refractivity contribution in [3.63, 3.8) is 0 Å². The molecule has 0 aliphatic heterocycles. The molecule has 0 spiro atoms. The second-order valence-corrected chi connectivity index (χ2v) is 9.02. The highest BCUT2D eigenvalue weighted by Crippen LogP contribution is 2.33. The maximum absolute atomic E-state index is 12.3. The number of para-hydroxylation sites is 1. The van der Waals surface area contributed by atoms with E-state index in [0.29, 0.717) is 17.7 Å². The Kier molecular flexibility index (Phi) is 9.19. The number of aryl methyl sites for hydroxylation is 1. The molecule has 3 aromatic rings. The van der Waals surface area contributed by atoms with Crippen LogP contribution < -0.4 is 20.3 Å². The molecule has 2 atom stereocenters. The third kappa shape index (κ3) is 6.10. The van der Waals surface area contributed by atoms with Gasteiger partial charge in [0.15, 0.2) is 5.78 Å². The van der Waals surface area contributed by atoms with E-state index in [9.17, 15) is 14.4 Å². The molecule has 0 heterocycles. The van der Waals surface area contributed by atoms with Gasteiger partial charge in [-0.3, -0.25) is 14.4 Å². The number of nitrogens with one attached hydrogen (secondary N) is 2. The van der Waals surface area contributed by atoms with Crippen LogP contribution in [0.1, 0.15) is 48.7 Å². The number of likely N-dealkylation sites (N-methyl/N-ethyl adjacent to an activating group) is 1. The van der Waals surface area contributed by atoms with Crippen molar-refractivity contribution in [3.8, 4) is 5.75 Å². The summed E-state index contributed by atoms with van der Waals surface area (Å²) in [7, 11) is 3.36. The number of amides is 2. The molecular weight excluding hydrogens is 454 g/mol. The minimum absolute atomic E-state index is 0.0142. The first-order chi connectivity index (χ1) is 17.3. The molecule has 0 radical (unpaired) electrons. The van der Waals surface area contributed by atoms with E-state index >= 15 is 0 Å². The molecular formula is C29H35N3O4. The second-order valence-electron chi connectivity index (χ2n) is 9.02. The van der Waals surface area contributed by atoms with Gasteiger partial charge in [-0.2, -0.15) is 0 Å². The first-order valence-corrected chi connectivity index (χ1v) is 12.2. The lowest BCUT2D eigenvalue weighted by molar-refractivity contribution is -0.123. The number of rotatable bonds is 12. The molecule has 7 heteroatoms. The van der Waals surface area contributed by atoms with Crippen LogP contribution in [0.5, 0.6) is 5.75 Å². The van der Waals surface area contributed by atoms with Gasteiger partial charge in [-0.15, -0.1) is 0 Å². The molecule has 36 heavy (non-hydrogen) atoms. The van der Waals surface area contributed by atoms with E-state index in [1.165, 1.54) is 0 Å². The first kappa shape index (κ1) is 26.9. The monoisotopic (exact) mass is 489 g/mol. The molecule has 0 aliphatic rings. The number of hydrogen-bond acceptors (Lipinski definition) is 5. The van der Waals surface area contributed by atoms with Crippen molar-refractivity contribution >= 4 is 34.6 Å². The number of benzene rings is 3. The Hall–Kier alpha value is -3.71. The number of ketones is 1. The minimum Gasteiger partial charge on any atom is -0.496 e. The Morgan fingerprint density at radius 3 is 2.44 bits per heavy atom. The number of fused-ring (bicyclic) bond motifs is 1. The lowest BCUT2D eigenvalue weighted by atomic mass is 9.96. The summed E-state index contributed by atoms with van der Waals surface area (Å²) in [5.74, 6) is 0.600. The van der Waals surface area contributed by atoms with Gasteiger partial charge in [-0.05, 0) is 75.2 Å². The van der Waals surface area contributed by atoms with Crippen LogP contribution in [0.4, 0.5) is 5.69 Å². The molecule has 0 saturated heterocycles. The highest BCUT2D eigenvalue weighted by molar-refractivity contribution is 6.08. The van der Waals surface area contributed by atoms with E-state index in [2.05, 4.69) is 10.6 Å². The van der Waals surface area contributed by atoms with Crippen LogP contribution in [-0.2, 0) is 22.6 Å². The summed E-state index contributed by atoms with van der Waals surface area (Å²) in [6, 6.07) is 16.9. The number of nitrogens with zero attached hydrogens (tertiary/aromatic N) is 1. The van der Waals surface area contributed by atoms with Gasteiger partial charge in [0.2, 0.25) is 12.3 Å². The maximum Gasteiger partial charge on any atom is 0.237 e. The zero-order valence-corrected chi connectivity index (χ0v) is 21.6. The predicted molar refractivity (Wildman–Crippen MR) is 144 cm³/mol. The smallest absolute Gasteiger partial charge is 0.237 e. The molecule has 0 fully saturated rings. The zero-order chi connectivity index (χ0) is 26.2. The number of hydrogen-bond donors (Lipinski definition) is 2. The number of carbonyl (C=O) groups excluding carboxylic acids is 3. The van der Waals surface area contributed by atoms with Crippen molar-refractivity contribution in [3.05, 3.63) is 71.3 Å². The maximum atomic E-state index is 12.3. The van der Waals surface area contributed by atoms with Crippen LogP contribution in [0.15, 0.2) is 54.6 Å². The zero-order valence-electron chi connectivity index (χ0n) is 21.6. The summed E-state index contributed by atoms with van der Waals surface area (Å²) in [5, 5.41) is 7.68. The third-order valence-electron chi connectivity index (χ3n) is 6.55. The predicted octanol–water partition coefficient (Wildman–Crippen LogP) is 4.26. The van der Waals surface area contributed by atoms with Gasteiger partial charge in [-0.25, -0.2) is 0 Å². The van der Waals surface area contributed by atoms with Crippen LogP contribution >= 0.6 is 0 Å². The Labute approximate surface area is 212 Å². The number of anilines is 1. The first-order valence-electron chi connectivity index (χ1n) is 12.2. The van der Waals surface area contributed by atoms with E-state index < -0.39 is 0 Å². The fourth-order valence-corrected chi connectivity index (χ4v) is 4.36. The summed E-state index contributed by atoms with van der Waals surface area (Å²) in [6.45, 7) is 5.64. The molecule has 2 amide bonds. The summed E-state index contributed by atoms with van der Waals surface area (Å²) < 4.78 is 5.64. The third-order valence-corrected chi connectivity index (χ3v) is 6.55. The molecule has 1 unspecified atom stereocenters. The summed E-state index contributed by atoms with van der Waals surface area (Å²) >= 11 is 0. The Morgan fingerprint density at radius 1 is 1.03 bits per heavy atom. The molecule has 0 bridgehead atoms. The highest BCUT2D eigenvalue weighted by Gasteiger charge is 2.19. The molecule has 0 aromatic heterocycles. The summed E-state index contributed by atoms with van der Waals surface area (Å²) in [6.07, 6.45) is 2.24. The van der Waals surface area contributed by atoms with E-state index in [-0.39, 0.29) is 30.3 Å². The van der Waals surface area contributed by atoms with Crippen molar-refractivity contribution in [2.45, 2.75) is 52.2 Å². The van der Waals surface area contributed by atoms with E-state index in [1.54, 1.807) is 26.0 Å². The van der Waals surface area contributed by atoms with Crippen molar-refractivity contribution < 1.29 is 19.1 Å². The van der Waals surface area contributed by atoms with Crippen LogP contribution in [0, 0.1) is 0 Å². The van der Waals surface area contributed by atoms with Crippen LogP contribution in [-0.4, -0.2) is 44.3 Å². The molecule has 0 aliphatic carbocycles. The molecule has 0 saturated carbocycles. The Balaban J connectivity index is 1.89. The largest absolute Gasteiger partial charge is 0.496 e. The molecule has 190 valence electrons. The lowest BCUT2D eigenvalue weighted by Gasteiger charge is -2.24. The average molecular weight is 490 g/mol. The average Bonchev–Trinajstić information content (AvgIpc) is 2.89. The van der Waals surface area contributed by atoms with Crippen LogP contribution in [0.3, 0.4) is 0 Å². The number of Topliss-reactive ketones (excluding diaryl/α,β-unsaturated/α-hetero) is 1. The Bertz CT molecular complexity index is 1240. The molecule has 7 nitrogen and oxygen atoms in total. The van der Waals surface area contributed by atoms with Gasteiger partial charge in [-0.1, -0.05) is 36.4 Å². The van der Waals surface area contributed by atoms with Gasteiger partial charge in [0.1, 0.15) is 5.75 Å². The SMILES string of the molecule is CN[C@@H](C)C(=O)NC(C)CCc1ccccc1N(C=O)Cc1c(OC)ccc2c(C(C)=O)cccc12. The molecule has 3 rings (SSSR count). The van der Waals surface area contributed by atoms with Gasteiger partial charge < -0.3 is 20.3 Å². The van der Waals surface area contributed by atoms with Crippen LogP contribution in [0.2, 0.25) is 0 Å². The molecule has 3 aromatic carbocycles. The van der Waals surface area contributed by atoms with Crippen molar-refractivity contribution in [2.24, 2.45) is 0 Å². The standard InChI is InChI=1S/C29H35N3O4/c1-19(31-29(35)20(2)30-4)13-14-22-9-6-7-12-27(22)32(18-33)17-26-24-11-8-10-23(21(3)34)25(24)15-16-28(26)36-5/h6-12,15-16,18-20,30H,13-14,17H2,1-5H3,(H,31,35)/t19?,20-/m0/s1. The van der Waals surface area contributed by atoms with E-state index in [1.807, 2.05) is 68.4 Å². The second kappa shape index (κ2) is 12.3. The van der Waals surface area contributed by atoms with Crippen LogP contribution in [0.25, 0.3) is 10.8 Å². The van der Waals surface area contributed by atoms with Gasteiger partial charge >= 0.3 is 0 Å². The molecule has 2 N–H and O–H groups in total.